The van der Waals surface area contributed by atoms with Crippen molar-refractivity contribution in [1.29, 1.82) is 0 Å². The van der Waals surface area contributed by atoms with E-state index in [1.54, 1.807) is 18.2 Å². The number of ether oxygens (including phenoxy) is 1. The quantitative estimate of drug-likeness (QED) is 0.371. The van der Waals surface area contributed by atoms with Gasteiger partial charge in [-0.15, -0.1) is 5.10 Å². The Morgan fingerprint density at radius 2 is 1.94 bits per heavy atom. The van der Waals surface area contributed by atoms with Crippen LogP contribution in [0.25, 0.3) is 10.8 Å². The van der Waals surface area contributed by atoms with Gasteiger partial charge in [-0.25, -0.2) is 9.89 Å². The van der Waals surface area contributed by atoms with Crippen LogP contribution in [0.4, 0.5) is 5.69 Å². The lowest BCUT2D eigenvalue weighted by atomic mass is 10.1. The first-order chi connectivity index (χ1) is 15.4. The van der Waals surface area contributed by atoms with Crippen LogP contribution in [-0.4, -0.2) is 44.2 Å². The van der Waals surface area contributed by atoms with E-state index in [1.165, 1.54) is 18.2 Å². The fourth-order valence-electron chi connectivity index (χ4n) is 3.19. The molecule has 0 aliphatic carbocycles. The normalized spacial score (nSPS) is 10.8. The summed E-state index contributed by atoms with van der Waals surface area (Å²) >= 11 is 12.3. The Bertz CT molecular complexity index is 1310. The van der Waals surface area contributed by atoms with Crippen LogP contribution >= 0.6 is 23.2 Å². The Kier molecular flexibility index (Phi) is 6.20. The number of carboxylic acid groups (broad SMARTS) is 1. The smallest absolute Gasteiger partial charge is 0.335 e. The molecule has 0 aliphatic heterocycles. The molecule has 0 atom stereocenters. The van der Waals surface area contributed by atoms with Gasteiger partial charge in [-0.2, -0.15) is 0 Å². The van der Waals surface area contributed by atoms with Gasteiger partial charge in [0.25, 0.3) is 5.91 Å². The third-order valence-electron chi connectivity index (χ3n) is 4.57. The zero-order valence-electron chi connectivity index (χ0n) is 16.3. The summed E-state index contributed by atoms with van der Waals surface area (Å²) in [5.41, 5.74) is 1.36. The number of carbonyl (C=O) groups excluding carboxylic acids is 1. The highest BCUT2D eigenvalue weighted by Gasteiger charge is 2.16. The van der Waals surface area contributed by atoms with Crippen molar-refractivity contribution in [2.75, 3.05) is 11.9 Å². The Hall–Kier alpha value is -3.69. The number of anilines is 1. The second kappa shape index (κ2) is 9.21. The fourth-order valence-corrected chi connectivity index (χ4v) is 3.79. The van der Waals surface area contributed by atoms with Crippen molar-refractivity contribution < 1.29 is 19.4 Å². The van der Waals surface area contributed by atoms with E-state index in [0.717, 1.165) is 5.56 Å². The maximum absolute atomic E-state index is 12.6. The monoisotopic (exact) mass is 471 g/mol. The number of rotatable bonds is 7. The molecule has 0 spiro atoms. The predicted molar refractivity (Wildman–Crippen MR) is 118 cm³/mol. The molecule has 1 heterocycles. The van der Waals surface area contributed by atoms with Gasteiger partial charge >= 0.3 is 5.97 Å². The van der Waals surface area contributed by atoms with Gasteiger partial charge in [0.05, 0.1) is 10.6 Å². The summed E-state index contributed by atoms with van der Waals surface area (Å²) in [4.78, 5) is 24.1. The molecule has 162 valence electrons. The highest BCUT2D eigenvalue weighted by atomic mass is 35.5. The molecule has 0 saturated carbocycles. The third-order valence-corrected chi connectivity index (χ3v) is 5.09. The first-order valence-corrected chi connectivity index (χ1v) is 10.1. The van der Waals surface area contributed by atoms with Crippen LogP contribution in [0.15, 0.2) is 48.5 Å². The lowest BCUT2D eigenvalue weighted by Crippen LogP contribution is -2.21. The summed E-state index contributed by atoms with van der Waals surface area (Å²) in [5.74, 6) is -0.869. The number of halogens is 2. The zero-order valence-corrected chi connectivity index (χ0v) is 17.8. The standard InChI is InChI=1S/C21H15Cl2N5O4/c22-14-6-12-5-13(21(30)31)7-17(20(12)15(23)9-14)32-10-19(29)24-16-4-2-1-3-11(16)8-18-25-27-28-26-18/h1-7,9H,8,10H2,(H,24,29)(H,30,31)(H,25,26,27,28). The van der Waals surface area contributed by atoms with Crippen LogP contribution in [0, 0.1) is 0 Å². The summed E-state index contributed by atoms with van der Waals surface area (Å²) in [6.45, 7) is -0.366. The molecule has 0 saturated heterocycles. The molecule has 0 radical (unpaired) electrons. The Morgan fingerprint density at radius 1 is 1.12 bits per heavy atom. The highest BCUT2D eigenvalue weighted by molar-refractivity contribution is 6.39. The van der Waals surface area contributed by atoms with Crippen LogP contribution in [-0.2, 0) is 11.2 Å². The van der Waals surface area contributed by atoms with E-state index in [-0.39, 0.29) is 22.9 Å². The van der Waals surface area contributed by atoms with Crippen LogP contribution in [0.1, 0.15) is 21.7 Å². The number of fused-ring (bicyclic) bond motifs is 1. The summed E-state index contributed by atoms with van der Waals surface area (Å²) < 4.78 is 5.67. The van der Waals surface area contributed by atoms with E-state index >= 15 is 0 Å². The molecule has 1 amide bonds. The van der Waals surface area contributed by atoms with Gasteiger partial charge in [-0.1, -0.05) is 41.4 Å². The van der Waals surface area contributed by atoms with E-state index in [1.807, 2.05) is 12.1 Å². The second-order valence-corrected chi connectivity index (χ2v) is 7.63. The molecule has 4 aromatic rings. The maximum atomic E-state index is 12.6. The minimum atomic E-state index is -1.15. The Labute approximate surface area is 191 Å². The first-order valence-electron chi connectivity index (χ1n) is 9.30. The van der Waals surface area contributed by atoms with Gasteiger partial charge < -0.3 is 15.2 Å². The molecule has 3 aromatic carbocycles. The largest absolute Gasteiger partial charge is 0.483 e. The molecule has 11 heteroatoms. The van der Waals surface area contributed by atoms with E-state index in [4.69, 9.17) is 27.9 Å². The second-order valence-electron chi connectivity index (χ2n) is 6.78. The first kappa shape index (κ1) is 21.5. The Balaban J connectivity index is 1.54. The molecule has 4 rings (SSSR count). The number of nitrogens with zero attached hydrogens (tertiary/aromatic N) is 3. The van der Waals surface area contributed by atoms with Crippen LogP contribution < -0.4 is 10.1 Å². The van der Waals surface area contributed by atoms with E-state index in [0.29, 0.717) is 33.7 Å². The molecule has 1 aromatic heterocycles. The van der Waals surface area contributed by atoms with Crippen molar-refractivity contribution in [2.45, 2.75) is 6.42 Å². The summed E-state index contributed by atoms with van der Waals surface area (Å²) in [6, 6.07) is 13.1. The molecule has 0 bridgehead atoms. The predicted octanol–water partition coefficient (Wildman–Crippen LogP) is 3.97. The van der Waals surface area contributed by atoms with Crippen molar-refractivity contribution in [2.24, 2.45) is 0 Å². The molecular weight excluding hydrogens is 457 g/mol. The SMILES string of the molecule is O=C(COc1cc(C(=O)O)cc2cc(Cl)cc(Cl)c12)Nc1ccccc1Cc1nnn[nH]1. The van der Waals surface area contributed by atoms with Gasteiger partial charge in [0, 0.05) is 22.5 Å². The number of H-pyrrole nitrogens is 1. The number of para-hydroxylation sites is 1. The lowest BCUT2D eigenvalue weighted by Gasteiger charge is -2.14. The number of aromatic carboxylic acids is 1. The average molecular weight is 472 g/mol. The number of aromatic nitrogens is 4. The topological polar surface area (TPSA) is 130 Å². The van der Waals surface area contributed by atoms with Gasteiger partial charge in [0.2, 0.25) is 0 Å². The molecule has 0 unspecified atom stereocenters. The van der Waals surface area contributed by atoms with E-state index in [9.17, 15) is 14.7 Å². The molecular formula is C21H15Cl2N5O4. The minimum Gasteiger partial charge on any atom is -0.483 e. The zero-order chi connectivity index (χ0) is 22.7. The lowest BCUT2D eigenvalue weighted by molar-refractivity contribution is -0.118. The van der Waals surface area contributed by atoms with Crippen molar-refractivity contribution in [1.82, 2.24) is 20.6 Å². The van der Waals surface area contributed by atoms with Gasteiger partial charge in [0.1, 0.15) is 5.75 Å². The maximum Gasteiger partial charge on any atom is 0.335 e. The number of aromatic amines is 1. The van der Waals surface area contributed by atoms with Crippen LogP contribution in [0.3, 0.4) is 0 Å². The van der Waals surface area contributed by atoms with Crippen molar-refractivity contribution in [3.63, 3.8) is 0 Å². The number of hydrogen-bond acceptors (Lipinski definition) is 6. The fraction of sp³-hybridized carbons (Fsp3) is 0.0952. The number of tetrazole rings is 1. The van der Waals surface area contributed by atoms with Crippen molar-refractivity contribution >= 4 is 51.5 Å². The summed E-state index contributed by atoms with van der Waals surface area (Å²) in [7, 11) is 0. The number of benzene rings is 3. The number of nitrogens with one attached hydrogen (secondary N) is 2. The van der Waals surface area contributed by atoms with Crippen LogP contribution in [0.5, 0.6) is 5.75 Å². The number of amides is 1. The van der Waals surface area contributed by atoms with Gasteiger partial charge in [-0.3, -0.25) is 4.79 Å². The van der Waals surface area contributed by atoms with Crippen molar-refractivity contribution in [3.05, 3.63) is 75.5 Å². The average Bonchev–Trinajstić information content (AvgIpc) is 3.26. The third kappa shape index (κ3) is 4.79. The highest BCUT2D eigenvalue weighted by Crippen LogP contribution is 2.36. The van der Waals surface area contributed by atoms with E-state index < -0.39 is 11.9 Å². The van der Waals surface area contributed by atoms with Crippen molar-refractivity contribution in [3.8, 4) is 5.75 Å². The molecule has 9 nitrogen and oxygen atoms in total. The van der Waals surface area contributed by atoms with E-state index in [2.05, 4.69) is 25.9 Å². The molecule has 0 fully saturated rings. The number of hydrogen-bond donors (Lipinski definition) is 3. The van der Waals surface area contributed by atoms with Gasteiger partial charge in [0.15, 0.2) is 12.4 Å². The number of carboxylic acids is 1. The Morgan fingerprint density at radius 3 is 2.69 bits per heavy atom. The summed E-state index contributed by atoms with van der Waals surface area (Å²) in [6.07, 6.45) is 0.395. The minimum absolute atomic E-state index is 0.0164. The van der Waals surface area contributed by atoms with Crippen LogP contribution in [0.2, 0.25) is 10.0 Å². The molecule has 0 aliphatic rings. The summed E-state index contributed by atoms with van der Waals surface area (Å²) in [5, 5.41) is 27.4. The molecule has 3 N–H and O–H groups in total. The number of carbonyl (C=O) groups is 2. The van der Waals surface area contributed by atoms with Gasteiger partial charge in [-0.05, 0) is 51.7 Å². The molecule has 32 heavy (non-hydrogen) atoms.